The van der Waals surface area contributed by atoms with Crippen LogP contribution in [0.5, 0.6) is 5.75 Å². The third kappa shape index (κ3) is 5.52. The summed E-state index contributed by atoms with van der Waals surface area (Å²) in [6.45, 7) is 5.91. The van der Waals surface area contributed by atoms with E-state index in [4.69, 9.17) is 20.3 Å². The van der Waals surface area contributed by atoms with Crippen LogP contribution in [0.25, 0.3) is 0 Å². The summed E-state index contributed by atoms with van der Waals surface area (Å²) in [4.78, 5) is 20.6. The Labute approximate surface area is 196 Å². The second kappa shape index (κ2) is 10.9. The number of aliphatic hydroxyl groups is 1. The number of β-amino-alcohol motifs (C(OH)–C–C–N with tert-alkyl or cyclic N) is 1. The van der Waals surface area contributed by atoms with Crippen LogP contribution in [-0.4, -0.2) is 85.2 Å². The van der Waals surface area contributed by atoms with Crippen LogP contribution in [0.4, 0.5) is 8.78 Å². The smallest absolute Gasteiger partial charge is 0.246 e. The van der Waals surface area contributed by atoms with Crippen LogP contribution in [0.3, 0.4) is 0 Å². The molecule has 4 rings (SSSR count). The van der Waals surface area contributed by atoms with Crippen molar-refractivity contribution in [1.82, 2.24) is 9.80 Å². The van der Waals surface area contributed by atoms with Gasteiger partial charge in [0.1, 0.15) is 29.6 Å². The third-order valence-electron chi connectivity index (χ3n) is 6.02. The average Bonchev–Trinajstić information content (AvgIpc) is 3.26. The van der Waals surface area contributed by atoms with E-state index in [-0.39, 0.29) is 12.5 Å². The first kappa shape index (κ1) is 24.1. The number of aliphatic imine (C=N–C) groups is 1. The largest absolute Gasteiger partial charge is 0.492 e. The molecule has 10 heteroatoms. The number of piperazine rings is 1. The van der Waals surface area contributed by atoms with E-state index in [9.17, 15) is 13.6 Å². The van der Waals surface area contributed by atoms with Crippen molar-refractivity contribution in [1.29, 1.82) is 0 Å². The molecule has 34 heavy (non-hydrogen) atoms. The summed E-state index contributed by atoms with van der Waals surface area (Å²) in [6.07, 6.45) is -0.893. The van der Waals surface area contributed by atoms with Gasteiger partial charge in [0, 0.05) is 39.3 Å². The van der Waals surface area contributed by atoms with Crippen molar-refractivity contribution >= 4 is 11.8 Å². The predicted molar refractivity (Wildman–Crippen MR) is 122 cm³/mol. The molecule has 0 aliphatic carbocycles. The molecule has 0 saturated carbocycles. The standard InChI is InChI=1S/C24H28F2N4O4/c25-18-2-1-3-19(26)20(18)24-28-21(23(27)32)22(34-24)16-4-6-17(7-5-16)33-15-13-30-10-8-29(9-11-30)12-14-31/h1-7,21-22,31H,8-15H2,(H2,27,32). The minimum absolute atomic E-state index is 0.179. The summed E-state index contributed by atoms with van der Waals surface area (Å²) in [6, 6.07) is 9.26. The first-order chi connectivity index (χ1) is 16.5. The lowest BCUT2D eigenvalue weighted by Crippen LogP contribution is -2.48. The van der Waals surface area contributed by atoms with E-state index in [1.807, 2.05) is 0 Å². The molecule has 2 aromatic rings. The quantitative estimate of drug-likeness (QED) is 0.569. The van der Waals surface area contributed by atoms with E-state index in [0.29, 0.717) is 24.5 Å². The highest BCUT2D eigenvalue weighted by Gasteiger charge is 2.38. The van der Waals surface area contributed by atoms with Crippen LogP contribution in [0.15, 0.2) is 47.5 Å². The number of carbonyl (C=O) groups is 1. The highest BCUT2D eigenvalue weighted by Crippen LogP contribution is 2.33. The van der Waals surface area contributed by atoms with Gasteiger partial charge in [-0.25, -0.2) is 13.8 Å². The lowest BCUT2D eigenvalue weighted by atomic mass is 10.0. The fourth-order valence-corrected chi connectivity index (χ4v) is 4.12. The maximum atomic E-state index is 14.2. The molecule has 0 bridgehead atoms. The van der Waals surface area contributed by atoms with Gasteiger partial charge in [-0.05, 0) is 29.8 Å². The number of rotatable bonds is 9. The molecule has 2 aliphatic heterocycles. The Kier molecular flexibility index (Phi) is 7.71. The Morgan fingerprint density at radius 2 is 1.68 bits per heavy atom. The summed E-state index contributed by atoms with van der Waals surface area (Å²) < 4.78 is 39.9. The third-order valence-corrected chi connectivity index (χ3v) is 6.02. The molecule has 0 spiro atoms. The summed E-state index contributed by atoms with van der Waals surface area (Å²) >= 11 is 0. The van der Waals surface area contributed by atoms with Gasteiger partial charge in [0.2, 0.25) is 11.8 Å². The van der Waals surface area contributed by atoms with Gasteiger partial charge < -0.3 is 20.3 Å². The number of primary amides is 1. The maximum absolute atomic E-state index is 14.2. The van der Waals surface area contributed by atoms with E-state index in [1.54, 1.807) is 24.3 Å². The van der Waals surface area contributed by atoms with Crippen molar-refractivity contribution in [3.63, 3.8) is 0 Å². The van der Waals surface area contributed by atoms with Crippen LogP contribution < -0.4 is 10.5 Å². The molecule has 3 N–H and O–H groups in total. The lowest BCUT2D eigenvalue weighted by Gasteiger charge is -2.34. The molecule has 0 aromatic heterocycles. The Balaban J connectivity index is 1.34. The summed E-state index contributed by atoms with van der Waals surface area (Å²) in [5.74, 6) is -2.06. The Morgan fingerprint density at radius 1 is 1.06 bits per heavy atom. The summed E-state index contributed by atoms with van der Waals surface area (Å²) in [5.41, 5.74) is 5.64. The Morgan fingerprint density at radius 3 is 2.26 bits per heavy atom. The van der Waals surface area contributed by atoms with Gasteiger partial charge in [0.15, 0.2) is 12.1 Å². The van der Waals surface area contributed by atoms with Crippen LogP contribution in [0.2, 0.25) is 0 Å². The number of benzene rings is 2. The zero-order valence-corrected chi connectivity index (χ0v) is 18.7. The lowest BCUT2D eigenvalue weighted by molar-refractivity contribution is -0.120. The van der Waals surface area contributed by atoms with Gasteiger partial charge in [-0.1, -0.05) is 18.2 Å². The highest BCUT2D eigenvalue weighted by atomic mass is 19.1. The van der Waals surface area contributed by atoms with Crippen LogP contribution in [0, 0.1) is 11.6 Å². The number of ether oxygens (including phenoxy) is 2. The number of nitrogens with two attached hydrogens (primary N) is 1. The van der Waals surface area contributed by atoms with Crippen LogP contribution in [-0.2, 0) is 9.53 Å². The van der Waals surface area contributed by atoms with Gasteiger partial charge in [0.05, 0.1) is 6.61 Å². The molecule has 1 saturated heterocycles. The highest BCUT2D eigenvalue weighted by molar-refractivity contribution is 5.99. The Bertz CT molecular complexity index is 1010. The number of hydrogen-bond acceptors (Lipinski definition) is 7. The van der Waals surface area contributed by atoms with Crippen LogP contribution in [0.1, 0.15) is 17.2 Å². The molecule has 2 atom stereocenters. The van der Waals surface area contributed by atoms with Gasteiger partial charge in [-0.2, -0.15) is 0 Å². The molecule has 2 heterocycles. The molecule has 1 fully saturated rings. The van der Waals surface area contributed by atoms with Crippen molar-refractivity contribution in [2.45, 2.75) is 12.1 Å². The molecule has 8 nitrogen and oxygen atoms in total. The molecule has 2 aliphatic rings. The average molecular weight is 475 g/mol. The van der Waals surface area contributed by atoms with E-state index in [2.05, 4.69) is 14.8 Å². The van der Waals surface area contributed by atoms with Crippen molar-refractivity contribution in [3.8, 4) is 5.75 Å². The molecule has 1 amide bonds. The SMILES string of the molecule is NC(=O)C1N=C(c2c(F)cccc2F)OC1c1ccc(OCCN2CCN(CCO)CC2)cc1. The number of halogens is 2. The first-order valence-electron chi connectivity index (χ1n) is 11.2. The second-order valence-corrected chi connectivity index (χ2v) is 8.24. The monoisotopic (exact) mass is 474 g/mol. The zero-order valence-electron chi connectivity index (χ0n) is 18.7. The van der Waals surface area contributed by atoms with Gasteiger partial charge in [-0.15, -0.1) is 0 Å². The fourth-order valence-electron chi connectivity index (χ4n) is 4.12. The van der Waals surface area contributed by atoms with Crippen LogP contribution >= 0.6 is 0 Å². The topological polar surface area (TPSA) is 101 Å². The van der Waals surface area contributed by atoms with Crippen molar-refractivity contribution in [2.75, 3.05) is 52.5 Å². The normalized spacial score (nSPS) is 21.2. The molecule has 2 unspecified atom stereocenters. The predicted octanol–water partition coefficient (Wildman–Crippen LogP) is 1.33. The second-order valence-electron chi connectivity index (χ2n) is 8.24. The fraction of sp³-hybridized carbons (Fsp3) is 0.417. The minimum Gasteiger partial charge on any atom is -0.492 e. The van der Waals surface area contributed by atoms with Gasteiger partial charge >= 0.3 is 0 Å². The molecular weight excluding hydrogens is 446 g/mol. The van der Waals surface area contributed by atoms with E-state index < -0.39 is 35.3 Å². The maximum Gasteiger partial charge on any atom is 0.246 e. The summed E-state index contributed by atoms with van der Waals surface area (Å²) in [7, 11) is 0. The van der Waals surface area contributed by atoms with Gasteiger partial charge in [0.25, 0.3) is 0 Å². The van der Waals surface area contributed by atoms with Crippen molar-refractivity contribution in [3.05, 3.63) is 65.2 Å². The number of hydrogen-bond donors (Lipinski definition) is 2. The van der Waals surface area contributed by atoms with Crippen molar-refractivity contribution in [2.24, 2.45) is 10.7 Å². The number of amides is 1. The zero-order chi connectivity index (χ0) is 24.1. The first-order valence-corrected chi connectivity index (χ1v) is 11.2. The number of aliphatic hydroxyl groups excluding tert-OH is 1. The van der Waals surface area contributed by atoms with Gasteiger partial charge in [-0.3, -0.25) is 14.6 Å². The Hall–Kier alpha value is -3.08. The van der Waals surface area contributed by atoms with E-state index in [0.717, 1.165) is 44.9 Å². The molecule has 2 aromatic carbocycles. The molecule has 0 radical (unpaired) electrons. The number of carbonyl (C=O) groups excluding carboxylic acids is 1. The minimum atomic E-state index is -1.11. The summed E-state index contributed by atoms with van der Waals surface area (Å²) in [5, 5.41) is 9.03. The molecular formula is C24H28F2N4O4. The number of nitrogens with zero attached hydrogens (tertiary/aromatic N) is 3. The van der Waals surface area contributed by atoms with Crippen molar-refractivity contribution < 1.29 is 28.2 Å². The molecule has 182 valence electrons. The van der Waals surface area contributed by atoms with E-state index >= 15 is 0 Å². The van der Waals surface area contributed by atoms with E-state index in [1.165, 1.54) is 6.07 Å².